The van der Waals surface area contributed by atoms with Crippen LogP contribution in [0.2, 0.25) is 0 Å². The summed E-state index contributed by atoms with van der Waals surface area (Å²) < 4.78 is 0. The minimum Gasteiger partial charge on any atom is -0.508 e. The molecule has 0 bridgehead atoms. The Labute approximate surface area is 121 Å². The smallest absolute Gasteiger partial charge is 0.120 e. The third kappa shape index (κ3) is 3.61. The summed E-state index contributed by atoms with van der Waals surface area (Å²) in [6.45, 7) is 7.09. The zero-order valence-corrected chi connectivity index (χ0v) is 12.5. The quantitative estimate of drug-likeness (QED) is 0.856. The first kappa shape index (κ1) is 14.6. The van der Waals surface area contributed by atoms with Gasteiger partial charge in [0.25, 0.3) is 0 Å². The number of phenols is 1. The van der Waals surface area contributed by atoms with Crippen LogP contribution < -0.4 is 5.32 Å². The van der Waals surface area contributed by atoms with Crippen molar-refractivity contribution in [1.29, 1.82) is 0 Å². The molecule has 2 N–H and O–H groups in total. The molecule has 0 aromatic heterocycles. The number of hydrogen-bond donors (Lipinski definition) is 2. The molecule has 1 unspecified atom stereocenters. The molecule has 2 aromatic rings. The molecule has 0 saturated heterocycles. The van der Waals surface area contributed by atoms with Gasteiger partial charge in [0.15, 0.2) is 0 Å². The molecule has 0 spiro atoms. The normalized spacial score (nSPS) is 12.3. The lowest BCUT2D eigenvalue weighted by Gasteiger charge is -2.16. The van der Waals surface area contributed by atoms with Crippen molar-refractivity contribution in [3.63, 3.8) is 0 Å². The van der Waals surface area contributed by atoms with Gasteiger partial charge in [-0.3, -0.25) is 0 Å². The molecule has 1 atom stereocenters. The molecular formula is C18H23NO. The summed E-state index contributed by atoms with van der Waals surface area (Å²) in [5, 5.41) is 13.4. The Bertz CT molecular complexity index is 560. The van der Waals surface area contributed by atoms with Crippen LogP contribution in [0.15, 0.2) is 42.5 Å². The number of phenolic OH excluding ortho intramolecular Hbond substituents is 1. The number of aromatic hydroxyl groups is 1. The van der Waals surface area contributed by atoms with E-state index < -0.39 is 0 Å². The van der Waals surface area contributed by atoms with Gasteiger partial charge >= 0.3 is 0 Å². The molecule has 0 amide bonds. The highest BCUT2D eigenvalue weighted by Gasteiger charge is 2.09. The fraction of sp³-hybridized carbons (Fsp3) is 0.333. The molecule has 0 radical (unpaired) electrons. The summed E-state index contributed by atoms with van der Waals surface area (Å²) in [4.78, 5) is 0. The van der Waals surface area contributed by atoms with Gasteiger partial charge in [0.05, 0.1) is 0 Å². The maximum Gasteiger partial charge on any atom is 0.120 e. The second-order valence-electron chi connectivity index (χ2n) is 5.33. The van der Waals surface area contributed by atoms with Crippen molar-refractivity contribution >= 4 is 0 Å². The average molecular weight is 269 g/mol. The first-order valence-electron chi connectivity index (χ1n) is 7.21. The van der Waals surface area contributed by atoms with Gasteiger partial charge in [0.2, 0.25) is 0 Å². The number of aryl methyl sites for hydroxylation is 2. The molecule has 106 valence electrons. The largest absolute Gasteiger partial charge is 0.508 e. The zero-order chi connectivity index (χ0) is 14.5. The SMILES string of the molecule is CCc1ccc(CNC(C)c2cc(C)ccc2O)cc1. The van der Waals surface area contributed by atoms with Crippen molar-refractivity contribution in [3.8, 4) is 5.75 Å². The van der Waals surface area contributed by atoms with E-state index in [1.807, 2.05) is 19.1 Å². The van der Waals surface area contributed by atoms with Gasteiger partial charge < -0.3 is 10.4 Å². The van der Waals surface area contributed by atoms with E-state index in [1.165, 1.54) is 16.7 Å². The third-order valence-electron chi connectivity index (χ3n) is 3.69. The Morgan fingerprint density at radius 2 is 1.70 bits per heavy atom. The van der Waals surface area contributed by atoms with Crippen molar-refractivity contribution in [2.75, 3.05) is 0 Å². The summed E-state index contributed by atoms with van der Waals surface area (Å²) in [5.41, 5.74) is 4.74. The monoisotopic (exact) mass is 269 g/mol. The lowest BCUT2D eigenvalue weighted by Crippen LogP contribution is -2.18. The minimum atomic E-state index is 0.126. The van der Waals surface area contributed by atoms with Gasteiger partial charge in [-0.2, -0.15) is 0 Å². The van der Waals surface area contributed by atoms with Crippen LogP contribution in [-0.2, 0) is 13.0 Å². The molecule has 0 aliphatic carbocycles. The van der Waals surface area contributed by atoms with Crippen LogP contribution >= 0.6 is 0 Å². The molecule has 20 heavy (non-hydrogen) atoms. The topological polar surface area (TPSA) is 32.3 Å². The molecule has 0 aliphatic heterocycles. The average Bonchev–Trinajstić information content (AvgIpc) is 2.47. The number of hydrogen-bond acceptors (Lipinski definition) is 2. The van der Waals surface area contributed by atoms with E-state index in [0.717, 1.165) is 18.5 Å². The van der Waals surface area contributed by atoms with E-state index in [9.17, 15) is 5.11 Å². The summed E-state index contributed by atoms with van der Waals surface area (Å²) in [7, 11) is 0. The van der Waals surface area contributed by atoms with Gasteiger partial charge in [0, 0.05) is 18.2 Å². The predicted molar refractivity (Wildman–Crippen MR) is 83.9 cm³/mol. The van der Waals surface area contributed by atoms with Crippen LogP contribution in [0.1, 0.15) is 42.1 Å². The fourth-order valence-electron chi connectivity index (χ4n) is 2.29. The molecule has 0 aliphatic rings. The highest BCUT2D eigenvalue weighted by molar-refractivity contribution is 5.37. The van der Waals surface area contributed by atoms with Crippen LogP contribution in [0.25, 0.3) is 0 Å². The molecule has 2 nitrogen and oxygen atoms in total. The Morgan fingerprint density at radius 3 is 2.35 bits per heavy atom. The summed E-state index contributed by atoms with van der Waals surface area (Å²) in [6, 6.07) is 14.5. The Balaban J connectivity index is 2.00. The zero-order valence-electron chi connectivity index (χ0n) is 12.5. The van der Waals surface area contributed by atoms with E-state index in [-0.39, 0.29) is 6.04 Å². The molecule has 2 aromatic carbocycles. The van der Waals surface area contributed by atoms with E-state index in [2.05, 4.69) is 43.4 Å². The maximum atomic E-state index is 9.93. The van der Waals surface area contributed by atoms with Gasteiger partial charge in [-0.25, -0.2) is 0 Å². The van der Waals surface area contributed by atoms with Crippen LogP contribution in [0, 0.1) is 6.92 Å². The van der Waals surface area contributed by atoms with Crippen LogP contribution in [0.3, 0.4) is 0 Å². The van der Waals surface area contributed by atoms with Gasteiger partial charge in [-0.15, -0.1) is 0 Å². The van der Waals surface area contributed by atoms with Crippen molar-refractivity contribution in [1.82, 2.24) is 5.32 Å². The predicted octanol–water partition coefficient (Wildman–Crippen LogP) is 4.11. The van der Waals surface area contributed by atoms with Gasteiger partial charge in [0.1, 0.15) is 5.75 Å². The van der Waals surface area contributed by atoms with Crippen LogP contribution in [-0.4, -0.2) is 5.11 Å². The van der Waals surface area contributed by atoms with E-state index in [0.29, 0.717) is 5.75 Å². The number of rotatable bonds is 5. The van der Waals surface area contributed by atoms with Crippen molar-refractivity contribution in [2.24, 2.45) is 0 Å². The highest BCUT2D eigenvalue weighted by Crippen LogP contribution is 2.25. The van der Waals surface area contributed by atoms with Crippen molar-refractivity contribution in [3.05, 3.63) is 64.7 Å². The summed E-state index contributed by atoms with van der Waals surface area (Å²) in [6.07, 6.45) is 1.07. The number of benzene rings is 2. The highest BCUT2D eigenvalue weighted by atomic mass is 16.3. The first-order valence-corrected chi connectivity index (χ1v) is 7.21. The lowest BCUT2D eigenvalue weighted by atomic mass is 10.0. The van der Waals surface area contributed by atoms with Crippen molar-refractivity contribution < 1.29 is 5.11 Å². The van der Waals surface area contributed by atoms with E-state index >= 15 is 0 Å². The van der Waals surface area contributed by atoms with Gasteiger partial charge in [-0.05, 0) is 37.5 Å². The fourth-order valence-corrected chi connectivity index (χ4v) is 2.29. The first-order chi connectivity index (χ1) is 9.60. The Morgan fingerprint density at radius 1 is 1.05 bits per heavy atom. The summed E-state index contributed by atoms with van der Waals surface area (Å²) >= 11 is 0. The minimum absolute atomic E-state index is 0.126. The molecule has 0 saturated carbocycles. The van der Waals surface area contributed by atoms with Crippen LogP contribution in [0.4, 0.5) is 0 Å². The van der Waals surface area contributed by atoms with E-state index in [1.54, 1.807) is 6.07 Å². The second kappa shape index (κ2) is 6.58. The second-order valence-corrected chi connectivity index (χ2v) is 5.33. The Hall–Kier alpha value is -1.80. The maximum absolute atomic E-state index is 9.93. The van der Waals surface area contributed by atoms with Gasteiger partial charge in [-0.1, -0.05) is 48.9 Å². The molecule has 0 fully saturated rings. The molecule has 2 rings (SSSR count). The van der Waals surface area contributed by atoms with Crippen molar-refractivity contribution in [2.45, 2.75) is 39.8 Å². The lowest BCUT2D eigenvalue weighted by molar-refractivity contribution is 0.452. The Kier molecular flexibility index (Phi) is 4.80. The molecule has 2 heteroatoms. The molecule has 0 heterocycles. The summed E-state index contributed by atoms with van der Waals surface area (Å²) in [5.74, 6) is 0.358. The van der Waals surface area contributed by atoms with Crippen LogP contribution in [0.5, 0.6) is 5.75 Å². The third-order valence-corrected chi connectivity index (χ3v) is 3.69. The molecular weight excluding hydrogens is 246 g/mol. The van der Waals surface area contributed by atoms with E-state index in [4.69, 9.17) is 0 Å². The standard InChI is InChI=1S/C18H23NO/c1-4-15-6-8-16(9-7-15)12-19-14(3)17-11-13(2)5-10-18(17)20/h5-11,14,19-20H,4,12H2,1-3H3. The number of nitrogens with one attached hydrogen (secondary N) is 1.